The molecule has 7 atom stereocenters. The Morgan fingerprint density at radius 3 is 1.39 bits per heavy atom. The summed E-state index contributed by atoms with van der Waals surface area (Å²) in [5.41, 5.74) is 21.9. The zero-order valence-electron chi connectivity index (χ0n) is 32.3. The summed E-state index contributed by atoms with van der Waals surface area (Å²) >= 11 is 0. The van der Waals surface area contributed by atoms with Crippen LogP contribution in [-0.2, 0) is 38.4 Å². The topological polar surface area (TPSA) is 397 Å². The van der Waals surface area contributed by atoms with Gasteiger partial charge in [-0.25, -0.2) is 4.79 Å². The second-order valence-electron chi connectivity index (χ2n) is 13.6. The molecule has 1 saturated heterocycles. The zero-order chi connectivity index (χ0) is 42.9. The zero-order valence-corrected chi connectivity index (χ0v) is 32.3. The van der Waals surface area contributed by atoms with Crippen LogP contribution in [0.5, 0.6) is 0 Å². The van der Waals surface area contributed by atoms with Gasteiger partial charge in [0.2, 0.25) is 41.4 Å². The van der Waals surface area contributed by atoms with Gasteiger partial charge in [0.05, 0.1) is 26.4 Å². The number of nitrogens with two attached hydrogens (primary N) is 4. The number of aliphatic carboxylic acids is 1. The molecular formula is C34H63N11O12. The molecule has 1 aliphatic rings. The number of carboxylic acids is 1. The fraction of sp³-hybridized carbons (Fsp3) is 0.765. The van der Waals surface area contributed by atoms with Gasteiger partial charge in [0.15, 0.2) is 0 Å². The molecule has 0 spiro atoms. The van der Waals surface area contributed by atoms with E-state index < -0.39 is 116 Å². The molecule has 57 heavy (non-hydrogen) atoms. The molecule has 0 aromatic heterocycles. The molecule has 1 heterocycles. The van der Waals surface area contributed by atoms with Crippen LogP contribution in [0.1, 0.15) is 70.6 Å². The summed E-state index contributed by atoms with van der Waals surface area (Å²) in [5.74, 6) is -7.28. The average molecular weight is 818 g/mol. The van der Waals surface area contributed by atoms with E-state index >= 15 is 0 Å². The lowest BCUT2D eigenvalue weighted by atomic mass is 10.1. The van der Waals surface area contributed by atoms with E-state index in [4.69, 9.17) is 22.9 Å². The molecule has 0 aromatic carbocycles. The van der Waals surface area contributed by atoms with Crippen molar-refractivity contribution < 1.29 is 58.8 Å². The van der Waals surface area contributed by atoms with Crippen molar-refractivity contribution in [2.24, 2.45) is 22.9 Å². The van der Waals surface area contributed by atoms with Gasteiger partial charge in [-0.2, -0.15) is 0 Å². The summed E-state index contributed by atoms with van der Waals surface area (Å²) < 4.78 is 0. The molecule has 326 valence electrons. The first-order valence-electron chi connectivity index (χ1n) is 19.2. The summed E-state index contributed by atoms with van der Waals surface area (Å²) in [6.45, 7) is -2.21. The second kappa shape index (κ2) is 28.0. The van der Waals surface area contributed by atoms with Crippen molar-refractivity contribution >= 4 is 47.3 Å². The van der Waals surface area contributed by atoms with Gasteiger partial charge in [0.1, 0.15) is 42.3 Å². The van der Waals surface area contributed by atoms with Gasteiger partial charge in [0.25, 0.3) is 0 Å². The van der Waals surface area contributed by atoms with Gasteiger partial charge in [-0.15, -0.1) is 0 Å². The van der Waals surface area contributed by atoms with E-state index in [1.165, 1.54) is 4.90 Å². The van der Waals surface area contributed by atoms with Gasteiger partial charge in [-0.05, 0) is 90.3 Å². The van der Waals surface area contributed by atoms with Gasteiger partial charge in [-0.1, -0.05) is 0 Å². The minimum absolute atomic E-state index is 0.0270. The Morgan fingerprint density at radius 1 is 0.544 bits per heavy atom. The third kappa shape index (κ3) is 17.7. The molecule has 18 N–H and O–H groups in total. The lowest BCUT2D eigenvalue weighted by Crippen LogP contribution is -2.61. The molecule has 1 aliphatic heterocycles. The smallest absolute Gasteiger partial charge is 0.326 e. The van der Waals surface area contributed by atoms with E-state index in [1.54, 1.807) is 0 Å². The quantitative estimate of drug-likeness (QED) is 0.0312. The Hall–Kier alpha value is -4.52. The number of aliphatic hydroxyl groups excluding tert-OH is 3. The van der Waals surface area contributed by atoms with Crippen LogP contribution in [0, 0.1) is 0 Å². The molecule has 1 fully saturated rings. The fourth-order valence-electron chi connectivity index (χ4n) is 5.96. The van der Waals surface area contributed by atoms with E-state index in [0.29, 0.717) is 51.5 Å². The SMILES string of the molecule is NCCCC[C@H](NC(=O)[C@@H]1CCCN1C(=O)[C@H](CCCCN)NC(=O)[C@H](CO)NC(=O)[C@H](CCCCN)NC(=O)[C@H](CO)NC(=O)[C@H](CO)NC(=O)CN)C(=O)O. The minimum atomic E-state index is -1.65. The van der Waals surface area contributed by atoms with Crippen LogP contribution >= 0.6 is 0 Å². The minimum Gasteiger partial charge on any atom is -0.480 e. The first kappa shape index (κ1) is 50.5. The number of hydrogen-bond acceptors (Lipinski definition) is 15. The Labute approximate surface area is 331 Å². The molecular weight excluding hydrogens is 754 g/mol. The molecule has 0 unspecified atom stereocenters. The van der Waals surface area contributed by atoms with E-state index in [2.05, 4.69) is 31.9 Å². The number of carbonyl (C=O) groups excluding carboxylic acids is 7. The maximum Gasteiger partial charge on any atom is 0.326 e. The number of aliphatic hydroxyl groups is 3. The monoisotopic (exact) mass is 817 g/mol. The molecule has 0 aromatic rings. The van der Waals surface area contributed by atoms with Gasteiger partial charge >= 0.3 is 5.97 Å². The molecule has 0 bridgehead atoms. The van der Waals surface area contributed by atoms with Crippen molar-refractivity contribution in [3.05, 3.63) is 0 Å². The van der Waals surface area contributed by atoms with Crippen LogP contribution in [0.4, 0.5) is 0 Å². The largest absolute Gasteiger partial charge is 0.480 e. The summed E-state index contributed by atoms with van der Waals surface area (Å²) in [6.07, 6.45) is 3.49. The summed E-state index contributed by atoms with van der Waals surface area (Å²) in [4.78, 5) is 105. The number of carboxylic acid groups (broad SMARTS) is 1. The van der Waals surface area contributed by atoms with Crippen LogP contribution < -0.4 is 54.8 Å². The molecule has 1 rings (SSSR count). The van der Waals surface area contributed by atoms with Crippen LogP contribution in [0.3, 0.4) is 0 Å². The Morgan fingerprint density at radius 2 is 0.947 bits per heavy atom. The Bertz CT molecular complexity index is 1330. The first-order valence-corrected chi connectivity index (χ1v) is 19.2. The Balaban J connectivity index is 3.16. The first-order chi connectivity index (χ1) is 27.2. The summed E-state index contributed by atoms with van der Waals surface area (Å²) in [7, 11) is 0. The Kier molecular flexibility index (Phi) is 24.8. The number of carbonyl (C=O) groups is 8. The van der Waals surface area contributed by atoms with Gasteiger partial charge < -0.3 is 80.2 Å². The average Bonchev–Trinajstić information content (AvgIpc) is 3.69. The van der Waals surface area contributed by atoms with Crippen LogP contribution in [0.15, 0.2) is 0 Å². The third-order valence-electron chi connectivity index (χ3n) is 9.19. The number of hydrogen-bond donors (Lipinski definition) is 14. The third-order valence-corrected chi connectivity index (χ3v) is 9.19. The number of nitrogens with one attached hydrogen (secondary N) is 6. The number of unbranched alkanes of at least 4 members (excludes halogenated alkanes) is 3. The predicted molar refractivity (Wildman–Crippen MR) is 203 cm³/mol. The van der Waals surface area contributed by atoms with Gasteiger partial charge in [-0.3, -0.25) is 33.6 Å². The van der Waals surface area contributed by atoms with E-state index in [0.717, 1.165) is 0 Å². The lowest BCUT2D eigenvalue weighted by molar-refractivity contribution is -0.145. The lowest BCUT2D eigenvalue weighted by Gasteiger charge is -2.30. The number of rotatable bonds is 29. The van der Waals surface area contributed by atoms with Crippen LogP contribution in [0.2, 0.25) is 0 Å². The fourth-order valence-corrected chi connectivity index (χ4v) is 5.96. The van der Waals surface area contributed by atoms with E-state index in [1.807, 2.05) is 0 Å². The van der Waals surface area contributed by atoms with Crippen molar-refractivity contribution in [2.75, 3.05) is 52.5 Å². The predicted octanol–water partition coefficient (Wildman–Crippen LogP) is -6.71. The highest BCUT2D eigenvalue weighted by molar-refractivity contribution is 5.97. The van der Waals surface area contributed by atoms with Crippen LogP contribution in [-0.4, -0.2) is 167 Å². The van der Waals surface area contributed by atoms with Crippen molar-refractivity contribution in [2.45, 2.75) is 113 Å². The molecule has 23 nitrogen and oxygen atoms in total. The van der Waals surface area contributed by atoms with Crippen molar-refractivity contribution in [3.63, 3.8) is 0 Å². The summed E-state index contributed by atoms with van der Waals surface area (Å²) in [6, 6.07) is -9.60. The number of amides is 7. The van der Waals surface area contributed by atoms with Crippen molar-refractivity contribution in [1.82, 2.24) is 36.8 Å². The number of likely N-dealkylation sites (tertiary alicyclic amines) is 1. The highest BCUT2D eigenvalue weighted by Crippen LogP contribution is 2.21. The standard InChI is InChI=1S/C34H63N11O12/c35-12-4-1-8-20(40-30(52)24(18-47)44-29(51)23(17-46)39-27(49)16-38)28(50)43-25(19-48)31(53)41-21(9-2-5-13-36)33(55)45-15-7-11-26(45)32(54)42-22(34(56)57)10-3-6-14-37/h20-26,46-48H,1-19,35-38H2,(H,39,49)(H,40,52)(H,41,53)(H,42,54)(H,43,50)(H,44,51)(H,56,57)/t20-,21-,22-,23-,24-,25-,26-/m0/s1. The van der Waals surface area contributed by atoms with E-state index in [9.17, 15) is 58.8 Å². The highest BCUT2D eigenvalue weighted by atomic mass is 16.4. The maximum atomic E-state index is 13.9. The highest BCUT2D eigenvalue weighted by Gasteiger charge is 2.39. The van der Waals surface area contributed by atoms with Crippen LogP contribution in [0.25, 0.3) is 0 Å². The number of nitrogens with zero attached hydrogens (tertiary/aromatic N) is 1. The van der Waals surface area contributed by atoms with Gasteiger partial charge in [0, 0.05) is 6.54 Å². The van der Waals surface area contributed by atoms with E-state index in [-0.39, 0.29) is 45.3 Å². The normalized spacial score (nSPS) is 16.9. The molecule has 7 amide bonds. The second-order valence-corrected chi connectivity index (χ2v) is 13.6. The molecule has 0 radical (unpaired) electrons. The maximum absolute atomic E-state index is 13.9. The molecule has 0 saturated carbocycles. The van der Waals surface area contributed by atoms with Crippen molar-refractivity contribution in [3.8, 4) is 0 Å². The molecule has 23 heteroatoms. The van der Waals surface area contributed by atoms with Crippen molar-refractivity contribution in [1.29, 1.82) is 0 Å². The summed E-state index contributed by atoms with van der Waals surface area (Å²) in [5, 5.41) is 53.2. The molecule has 0 aliphatic carbocycles.